The molecule has 1 heterocycles. The number of urea groups is 1. The number of benzene rings is 1. The summed E-state index contributed by atoms with van der Waals surface area (Å²) in [5, 5.41) is 3.12. The van der Waals surface area contributed by atoms with Gasteiger partial charge >= 0.3 is 6.03 Å². The van der Waals surface area contributed by atoms with Crippen LogP contribution in [0.1, 0.15) is 46.1 Å². The van der Waals surface area contributed by atoms with Gasteiger partial charge in [-0.3, -0.25) is 0 Å². The molecule has 1 aliphatic heterocycles. The predicted molar refractivity (Wildman–Crippen MR) is 102 cm³/mol. The van der Waals surface area contributed by atoms with E-state index in [1.807, 2.05) is 30.1 Å². The first-order valence-corrected chi connectivity index (χ1v) is 9.02. The Morgan fingerprint density at radius 2 is 1.83 bits per heavy atom. The molecule has 2 amide bonds. The minimum absolute atomic E-state index is 0.00200. The van der Waals surface area contributed by atoms with E-state index in [0.717, 1.165) is 31.6 Å². The van der Waals surface area contributed by atoms with E-state index in [9.17, 15) is 4.79 Å². The average molecular weight is 332 g/mol. The maximum atomic E-state index is 12.7. The molecule has 1 N–H and O–H groups in total. The van der Waals surface area contributed by atoms with Crippen molar-refractivity contribution in [3.63, 3.8) is 0 Å². The fraction of sp³-hybridized carbons (Fsp3) is 0.650. The molecule has 1 aliphatic rings. The first kappa shape index (κ1) is 18.8. The first-order valence-electron chi connectivity index (χ1n) is 9.02. The third-order valence-corrected chi connectivity index (χ3v) is 5.35. The Balaban J connectivity index is 2.04. The number of nitrogens with zero attached hydrogens (tertiary/aromatic N) is 2. The number of anilines is 1. The highest BCUT2D eigenvalue weighted by Gasteiger charge is 2.28. The SMILES string of the molecule is C[C@@H](C1CCN(C)CC1)N(C)C(=O)Nc1ccccc1C(C)(C)C. The lowest BCUT2D eigenvalue weighted by atomic mass is 9.86. The van der Waals surface area contributed by atoms with Gasteiger partial charge in [-0.05, 0) is 62.9 Å². The number of para-hydroxylation sites is 1. The predicted octanol–water partition coefficient (Wildman–Crippen LogP) is 4.18. The third-order valence-electron chi connectivity index (χ3n) is 5.35. The Hall–Kier alpha value is -1.55. The van der Waals surface area contributed by atoms with Crippen LogP contribution in [0.4, 0.5) is 10.5 Å². The number of piperidine rings is 1. The molecule has 134 valence electrons. The van der Waals surface area contributed by atoms with Gasteiger partial charge in [0.05, 0.1) is 0 Å². The summed E-state index contributed by atoms with van der Waals surface area (Å²) in [6.45, 7) is 10.9. The molecule has 4 nitrogen and oxygen atoms in total. The van der Waals surface area contributed by atoms with Crippen LogP contribution in [0.2, 0.25) is 0 Å². The van der Waals surface area contributed by atoms with E-state index in [0.29, 0.717) is 5.92 Å². The van der Waals surface area contributed by atoms with Gasteiger partial charge in [-0.15, -0.1) is 0 Å². The number of likely N-dealkylation sites (tertiary alicyclic amines) is 1. The van der Waals surface area contributed by atoms with Crippen LogP contribution < -0.4 is 5.32 Å². The third kappa shape index (κ3) is 4.50. The number of amides is 2. The van der Waals surface area contributed by atoms with Crippen LogP contribution in [-0.4, -0.2) is 49.1 Å². The zero-order valence-electron chi connectivity index (χ0n) is 16.1. The average Bonchev–Trinajstić information content (AvgIpc) is 2.53. The topological polar surface area (TPSA) is 35.6 Å². The van der Waals surface area contributed by atoms with E-state index in [4.69, 9.17) is 0 Å². The molecule has 0 bridgehead atoms. The summed E-state index contributed by atoms with van der Waals surface area (Å²) in [5.41, 5.74) is 2.08. The standard InChI is InChI=1S/C20H33N3O/c1-15(16-11-13-22(5)14-12-16)23(6)19(24)21-18-10-8-7-9-17(18)20(2,3)4/h7-10,15-16H,11-14H2,1-6H3,(H,21,24)/t15-/m0/s1. The van der Waals surface area contributed by atoms with E-state index in [-0.39, 0.29) is 17.5 Å². The smallest absolute Gasteiger partial charge is 0.321 e. The lowest BCUT2D eigenvalue weighted by Gasteiger charge is -2.37. The van der Waals surface area contributed by atoms with Crippen molar-refractivity contribution in [2.24, 2.45) is 5.92 Å². The molecule has 1 aromatic carbocycles. The first-order chi connectivity index (χ1) is 11.2. The van der Waals surface area contributed by atoms with Crippen molar-refractivity contribution in [2.45, 2.75) is 52.0 Å². The molecule has 0 aliphatic carbocycles. The van der Waals surface area contributed by atoms with E-state index in [2.05, 4.69) is 51.0 Å². The molecule has 0 aromatic heterocycles. The zero-order valence-corrected chi connectivity index (χ0v) is 16.1. The minimum Gasteiger partial charge on any atom is -0.325 e. The van der Waals surface area contributed by atoms with E-state index < -0.39 is 0 Å². The number of nitrogens with one attached hydrogen (secondary N) is 1. The summed E-state index contributed by atoms with van der Waals surface area (Å²) in [7, 11) is 4.08. The number of hydrogen-bond donors (Lipinski definition) is 1. The van der Waals surface area contributed by atoms with Crippen LogP contribution in [-0.2, 0) is 5.41 Å². The van der Waals surface area contributed by atoms with Gasteiger partial charge in [-0.2, -0.15) is 0 Å². The van der Waals surface area contributed by atoms with Gasteiger partial charge in [0.25, 0.3) is 0 Å². The second-order valence-electron chi connectivity index (χ2n) is 8.22. The number of hydrogen-bond acceptors (Lipinski definition) is 2. The van der Waals surface area contributed by atoms with Crippen molar-refractivity contribution in [3.05, 3.63) is 29.8 Å². The van der Waals surface area contributed by atoms with Gasteiger partial charge in [-0.25, -0.2) is 4.79 Å². The van der Waals surface area contributed by atoms with E-state index in [1.165, 1.54) is 5.56 Å². The minimum atomic E-state index is -0.0156. The highest BCUT2D eigenvalue weighted by molar-refractivity contribution is 5.90. The van der Waals surface area contributed by atoms with Gasteiger partial charge in [0.15, 0.2) is 0 Å². The highest BCUT2D eigenvalue weighted by Crippen LogP contribution is 2.30. The molecular formula is C20H33N3O. The number of rotatable bonds is 3. The molecule has 0 saturated carbocycles. The molecule has 1 saturated heterocycles. The summed E-state index contributed by atoms with van der Waals surface area (Å²) < 4.78 is 0. The van der Waals surface area contributed by atoms with Crippen molar-refractivity contribution in [1.29, 1.82) is 0 Å². The van der Waals surface area contributed by atoms with E-state index >= 15 is 0 Å². The van der Waals surface area contributed by atoms with Crippen LogP contribution >= 0.6 is 0 Å². The van der Waals surface area contributed by atoms with Crippen molar-refractivity contribution < 1.29 is 4.79 Å². The molecule has 24 heavy (non-hydrogen) atoms. The largest absolute Gasteiger partial charge is 0.325 e. The van der Waals surface area contributed by atoms with Gasteiger partial charge in [0, 0.05) is 18.8 Å². The molecule has 1 aromatic rings. The van der Waals surface area contributed by atoms with E-state index in [1.54, 1.807) is 0 Å². The lowest BCUT2D eigenvalue weighted by molar-refractivity contribution is 0.138. The van der Waals surface area contributed by atoms with Crippen molar-refractivity contribution in [1.82, 2.24) is 9.80 Å². The highest BCUT2D eigenvalue weighted by atomic mass is 16.2. The van der Waals surface area contributed by atoms with Crippen LogP contribution in [0.15, 0.2) is 24.3 Å². The number of carbonyl (C=O) groups is 1. The molecule has 0 unspecified atom stereocenters. The maximum Gasteiger partial charge on any atom is 0.321 e. The van der Waals surface area contributed by atoms with Gasteiger partial charge < -0.3 is 15.1 Å². The zero-order chi connectivity index (χ0) is 17.9. The number of carbonyl (C=O) groups excluding carboxylic acids is 1. The Bertz CT molecular complexity index is 556. The lowest BCUT2D eigenvalue weighted by Crippen LogP contribution is -2.45. The van der Waals surface area contributed by atoms with Crippen molar-refractivity contribution >= 4 is 11.7 Å². The van der Waals surface area contributed by atoms with Crippen molar-refractivity contribution in [3.8, 4) is 0 Å². The Morgan fingerprint density at radius 3 is 2.42 bits per heavy atom. The second kappa shape index (κ2) is 7.56. The monoisotopic (exact) mass is 331 g/mol. The van der Waals surface area contributed by atoms with Crippen LogP contribution in [0, 0.1) is 5.92 Å². The van der Waals surface area contributed by atoms with Gasteiger partial charge in [0.1, 0.15) is 0 Å². The summed E-state index contributed by atoms with van der Waals surface area (Å²) in [6, 6.07) is 8.33. The molecule has 1 fully saturated rings. The summed E-state index contributed by atoms with van der Waals surface area (Å²) in [6.07, 6.45) is 2.32. The Kier molecular flexibility index (Phi) is 5.92. The molecule has 2 rings (SSSR count). The van der Waals surface area contributed by atoms with Crippen LogP contribution in [0.3, 0.4) is 0 Å². The van der Waals surface area contributed by atoms with Crippen molar-refractivity contribution in [2.75, 3.05) is 32.5 Å². The normalized spacial score (nSPS) is 18.2. The molecule has 0 radical (unpaired) electrons. The fourth-order valence-electron chi connectivity index (χ4n) is 3.46. The van der Waals surface area contributed by atoms with Crippen LogP contribution in [0.25, 0.3) is 0 Å². The van der Waals surface area contributed by atoms with Gasteiger partial charge in [0.2, 0.25) is 0 Å². The molecular weight excluding hydrogens is 298 g/mol. The summed E-state index contributed by atoms with van der Waals surface area (Å²) >= 11 is 0. The van der Waals surface area contributed by atoms with Gasteiger partial charge in [-0.1, -0.05) is 39.0 Å². The molecule has 4 heteroatoms. The Morgan fingerprint density at radius 1 is 1.25 bits per heavy atom. The summed E-state index contributed by atoms with van der Waals surface area (Å²) in [4.78, 5) is 17.0. The Labute approximate surface area is 147 Å². The summed E-state index contributed by atoms with van der Waals surface area (Å²) in [5.74, 6) is 0.579. The fourth-order valence-corrected chi connectivity index (χ4v) is 3.46. The second-order valence-corrected chi connectivity index (χ2v) is 8.22. The maximum absolute atomic E-state index is 12.7. The van der Waals surface area contributed by atoms with Crippen LogP contribution in [0.5, 0.6) is 0 Å². The molecule has 0 spiro atoms. The quantitative estimate of drug-likeness (QED) is 0.902. The molecule has 1 atom stereocenters.